The van der Waals surface area contributed by atoms with Crippen LogP contribution in [0.15, 0.2) is 119 Å². The van der Waals surface area contributed by atoms with Gasteiger partial charge in [0.15, 0.2) is 5.13 Å². The lowest BCUT2D eigenvalue weighted by Gasteiger charge is -2.12. The van der Waals surface area contributed by atoms with E-state index in [9.17, 15) is 14.4 Å². The van der Waals surface area contributed by atoms with Gasteiger partial charge in [0.05, 0.1) is 18.1 Å². The van der Waals surface area contributed by atoms with Crippen LogP contribution < -0.4 is 20.7 Å². The Hall–Kier alpha value is -4.90. The van der Waals surface area contributed by atoms with Gasteiger partial charge in [-0.1, -0.05) is 48.0 Å². The molecule has 0 atom stereocenters. The predicted octanol–water partition coefficient (Wildman–Crippen LogP) is 8.00. The lowest BCUT2D eigenvalue weighted by atomic mass is 10.1. The molecule has 0 bridgehead atoms. The summed E-state index contributed by atoms with van der Waals surface area (Å²) in [6, 6.07) is 30.4. The van der Waals surface area contributed by atoms with E-state index < -0.39 is 11.8 Å². The fraction of sp³-hybridized carbons (Fsp3) is 0.0857. The number of nitrogens with zero attached hydrogens (tertiary/aromatic N) is 1. The Morgan fingerprint density at radius 1 is 0.891 bits per heavy atom. The van der Waals surface area contributed by atoms with Gasteiger partial charge in [0.2, 0.25) is 5.91 Å². The topological polar surface area (TPSA) is 109 Å². The molecule has 5 rings (SSSR count). The van der Waals surface area contributed by atoms with E-state index in [0.29, 0.717) is 33.6 Å². The van der Waals surface area contributed by atoms with E-state index in [1.807, 2.05) is 36.6 Å². The summed E-state index contributed by atoms with van der Waals surface area (Å²) in [5.41, 5.74) is 3.25. The molecule has 11 heteroatoms. The Labute approximate surface area is 279 Å². The molecule has 0 fully saturated rings. The van der Waals surface area contributed by atoms with Gasteiger partial charge in [0.25, 0.3) is 11.8 Å². The van der Waals surface area contributed by atoms with Gasteiger partial charge < -0.3 is 20.7 Å². The van der Waals surface area contributed by atoms with E-state index in [2.05, 4.69) is 20.9 Å². The van der Waals surface area contributed by atoms with Gasteiger partial charge in [-0.25, -0.2) is 4.98 Å². The quantitative estimate of drug-likeness (QED) is 0.0918. The van der Waals surface area contributed by atoms with Crippen LogP contribution in [0.4, 0.5) is 10.8 Å². The van der Waals surface area contributed by atoms with Gasteiger partial charge >= 0.3 is 0 Å². The highest BCUT2D eigenvalue weighted by Crippen LogP contribution is 2.27. The molecule has 1 aromatic heterocycles. The Bertz CT molecular complexity index is 1840. The average molecular weight is 669 g/mol. The minimum Gasteiger partial charge on any atom is -0.494 e. The summed E-state index contributed by atoms with van der Waals surface area (Å²) in [7, 11) is 0. The molecular formula is C35H29ClN4O4S2. The van der Waals surface area contributed by atoms with Crippen LogP contribution in [0.25, 0.3) is 17.3 Å². The third kappa shape index (κ3) is 9.07. The minimum absolute atomic E-state index is 0.0324. The molecule has 0 aliphatic rings. The molecule has 4 aromatic carbocycles. The summed E-state index contributed by atoms with van der Waals surface area (Å²) in [6.45, 7) is 2.54. The Morgan fingerprint density at radius 3 is 2.33 bits per heavy atom. The van der Waals surface area contributed by atoms with Crippen molar-refractivity contribution in [3.05, 3.63) is 130 Å². The number of ether oxygens (including phenoxy) is 1. The second-order valence-corrected chi connectivity index (χ2v) is 12.0. The third-order valence-electron chi connectivity index (χ3n) is 6.43. The molecule has 3 amide bonds. The van der Waals surface area contributed by atoms with E-state index in [1.54, 1.807) is 78.9 Å². The van der Waals surface area contributed by atoms with Gasteiger partial charge in [-0.2, -0.15) is 0 Å². The van der Waals surface area contributed by atoms with Crippen molar-refractivity contribution >= 4 is 69.3 Å². The number of aromatic nitrogens is 1. The van der Waals surface area contributed by atoms with Crippen LogP contribution in [-0.2, 0) is 9.59 Å². The number of carbonyl (C=O) groups excluding carboxylic acids is 3. The van der Waals surface area contributed by atoms with Crippen LogP contribution in [0.3, 0.4) is 0 Å². The standard InChI is InChI=1S/C35H29ClN4O4S2/c1-2-44-27-16-12-23(13-17-27)31-21-46-35(39-31)40-32(41)22-45-28-18-14-26(15-19-28)37-34(43)30(20-25-10-6-7-11-29(25)36)38-33(42)24-8-4-3-5-9-24/h3-21H,2,22H2,1H3,(H,37,43)(H,38,42)(H,39,40,41)/b30-20-. The van der Waals surface area contributed by atoms with E-state index in [-0.39, 0.29) is 17.4 Å². The van der Waals surface area contributed by atoms with Gasteiger partial charge in [-0.15, -0.1) is 23.1 Å². The van der Waals surface area contributed by atoms with Crippen molar-refractivity contribution in [1.82, 2.24) is 10.3 Å². The Kier molecular flexibility index (Phi) is 11.2. The van der Waals surface area contributed by atoms with E-state index in [4.69, 9.17) is 16.3 Å². The zero-order valence-electron chi connectivity index (χ0n) is 24.7. The monoisotopic (exact) mass is 668 g/mol. The first kappa shape index (κ1) is 32.5. The van der Waals surface area contributed by atoms with Crippen molar-refractivity contribution in [2.45, 2.75) is 11.8 Å². The van der Waals surface area contributed by atoms with Crippen molar-refractivity contribution < 1.29 is 19.1 Å². The van der Waals surface area contributed by atoms with Crippen LogP contribution in [0.2, 0.25) is 5.02 Å². The number of halogens is 1. The van der Waals surface area contributed by atoms with Crippen LogP contribution in [0.1, 0.15) is 22.8 Å². The number of nitrogens with one attached hydrogen (secondary N) is 3. The summed E-state index contributed by atoms with van der Waals surface area (Å²) in [6.07, 6.45) is 1.53. The number of hydrogen-bond acceptors (Lipinski definition) is 7. The molecule has 0 radical (unpaired) electrons. The first-order chi connectivity index (χ1) is 22.4. The lowest BCUT2D eigenvalue weighted by molar-refractivity contribution is -0.114. The molecule has 5 aromatic rings. The fourth-order valence-corrected chi connectivity index (χ4v) is 5.80. The number of rotatable bonds is 12. The zero-order valence-corrected chi connectivity index (χ0v) is 27.0. The summed E-state index contributed by atoms with van der Waals surface area (Å²) in [5.74, 6) is -0.149. The summed E-state index contributed by atoms with van der Waals surface area (Å²) in [5, 5.41) is 11.2. The molecule has 0 aliphatic carbocycles. The number of anilines is 2. The lowest BCUT2D eigenvalue weighted by Crippen LogP contribution is -2.30. The highest BCUT2D eigenvalue weighted by atomic mass is 35.5. The number of carbonyl (C=O) groups is 3. The van der Waals surface area contributed by atoms with E-state index in [1.165, 1.54) is 29.2 Å². The molecule has 0 aliphatic heterocycles. The molecule has 3 N–H and O–H groups in total. The number of thiazole rings is 1. The first-order valence-electron chi connectivity index (χ1n) is 14.2. The van der Waals surface area contributed by atoms with Crippen LogP contribution in [-0.4, -0.2) is 35.1 Å². The van der Waals surface area contributed by atoms with Crippen molar-refractivity contribution in [2.24, 2.45) is 0 Å². The van der Waals surface area contributed by atoms with Crippen LogP contribution in [0, 0.1) is 0 Å². The van der Waals surface area contributed by atoms with Crippen LogP contribution >= 0.6 is 34.7 Å². The summed E-state index contributed by atoms with van der Waals surface area (Å²) in [4.78, 5) is 44.1. The zero-order chi connectivity index (χ0) is 32.3. The van der Waals surface area contributed by atoms with Crippen molar-refractivity contribution in [3.8, 4) is 17.0 Å². The first-order valence-corrected chi connectivity index (χ1v) is 16.5. The minimum atomic E-state index is -0.517. The van der Waals surface area contributed by atoms with E-state index >= 15 is 0 Å². The highest BCUT2D eigenvalue weighted by molar-refractivity contribution is 8.00. The molecule has 8 nitrogen and oxygen atoms in total. The molecule has 0 saturated carbocycles. The summed E-state index contributed by atoms with van der Waals surface area (Å²) < 4.78 is 5.49. The van der Waals surface area contributed by atoms with Gasteiger partial charge in [-0.05, 0) is 85.3 Å². The Balaban J connectivity index is 1.17. The Morgan fingerprint density at radius 2 is 1.61 bits per heavy atom. The van der Waals surface area contributed by atoms with Crippen molar-refractivity contribution in [3.63, 3.8) is 0 Å². The maximum absolute atomic E-state index is 13.3. The molecule has 0 saturated heterocycles. The van der Waals surface area contributed by atoms with Crippen molar-refractivity contribution in [2.75, 3.05) is 23.0 Å². The average Bonchev–Trinajstić information content (AvgIpc) is 3.54. The molecule has 232 valence electrons. The summed E-state index contributed by atoms with van der Waals surface area (Å²) >= 11 is 9.03. The number of amides is 3. The molecule has 46 heavy (non-hydrogen) atoms. The molecule has 0 spiro atoms. The van der Waals surface area contributed by atoms with Gasteiger partial charge in [0, 0.05) is 32.1 Å². The van der Waals surface area contributed by atoms with E-state index in [0.717, 1.165) is 21.9 Å². The molecule has 0 unspecified atom stereocenters. The molecule has 1 heterocycles. The SMILES string of the molecule is CCOc1ccc(-c2csc(NC(=O)CSc3ccc(NC(=O)/C(=C/c4ccccc4Cl)NC(=O)c4ccccc4)cc3)n2)cc1. The molecular weight excluding hydrogens is 640 g/mol. The highest BCUT2D eigenvalue weighted by Gasteiger charge is 2.16. The predicted molar refractivity (Wildman–Crippen MR) is 186 cm³/mol. The normalized spacial score (nSPS) is 11.0. The second-order valence-electron chi connectivity index (χ2n) is 9.71. The largest absolute Gasteiger partial charge is 0.494 e. The number of hydrogen-bond donors (Lipinski definition) is 3. The second kappa shape index (κ2) is 15.9. The smallest absolute Gasteiger partial charge is 0.272 e. The third-order valence-corrected chi connectivity index (χ3v) is 8.54. The van der Waals surface area contributed by atoms with Crippen molar-refractivity contribution in [1.29, 1.82) is 0 Å². The maximum Gasteiger partial charge on any atom is 0.272 e. The van der Waals surface area contributed by atoms with Crippen LogP contribution in [0.5, 0.6) is 5.75 Å². The van der Waals surface area contributed by atoms with Gasteiger partial charge in [0.1, 0.15) is 11.4 Å². The maximum atomic E-state index is 13.3. The number of thioether (sulfide) groups is 1. The number of benzene rings is 4. The fourth-order valence-electron chi connectivity index (χ4n) is 4.18. The van der Waals surface area contributed by atoms with Gasteiger partial charge in [-0.3, -0.25) is 14.4 Å².